The number of rotatable bonds is 6. The fourth-order valence-corrected chi connectivity index (χ4v) is 4.13. The summed E-state index contributed by atoms with van der Waals surface area (Å²) in [4.78, 5) is 15.1. The van der Waals surface area contributed by atoms with Gasteiger partial charge in [0.25, 0.3) is 5.91 Å². The highest BCUT2D eigenvalue weighted by molar-refractivity contribution is 9.10. The van der Waals surface area contributed by atoms with Crippen molar-refractivity contribution in [1.82, 2.24) is 20.0 Å². The lowest BCUT2D eigenvalue weighted by molar-refractivity contribution is -0.0680. The molecule has 0 aliphatic carbocycles. The van der Waals surface area contributed by atoms with Gasteiger partial charge in [-0.1, -0.05) is 15.9 Å². The number of hydrogen-bond donors (Lipinski definition) is 1. The lowest BCUT2D eigenvalue weighted by atomic mass is 10.1. The Kier molecular flexibility index (Phi) is 6.91. The number of aromatic nitrogens is 2. The van der Waals surface area contributed by atoms with E-state index in [9.17, 15) is 4.79 Å². The van der Waals surface area contributed by atoms with Crippen LogP contribution in [0.2, 0.25) is 0 Å². The minimum absolute atomic E-state index is 0.0536. The van der Waals surface area contributed by atoms with Gasteiger partial charge in [0.2, 0.25) is 0 Å². The first-order valence-corrected chi connectivity index (χ1v) is 10.6. The Morgan fingerprint density at radius 3 is 2.50 bits per heavy atom. The third-order valence-electron chi connectivity index (χ3n) is 5.02. The Balaban J connectivity index is 1.56. The van der Waals surface area contributed by atoms with Crippen molar-refractivity contribution in [2.75, 3.05) is 26.2 Å². The molecule has 0 bridgehead atoms. The fourth-order valence-electron chi connectivity index (χ4n) is 3.86. The van der Waals surface area contributed by atoms with Gasteiger partial charge in [0.15, 0.2) is 0 Å². The average Bonchev–Trinajstić information content (AvgIpc) is 2.93. The zero-order valence-electron chi connectivity index (χ0n) is 17.0. The van der Waals surface area contributed by atoms with E-state index < -0.39 is 0 Å². The molecule has 0 spiro atoms. The molecule has 6 nitrogen and oxygen atoms in total. The van der Waals surface area contributed by atoms with Gasteiger partial charge in [-0.05, 0) is 58.4 Å². The summed E-state index contributed by atoms with van der Waals surface area (Å²) in [6.07, 6.45) is 1.46. The van der Waals surface area contributed by atoms with Gasteiger partial charge in [-0.3, -0.25) is 9.69 Å². The molecule has 1 aliphatic rings. The van der Waals surface area contributed by atoms with Crippen LogP contribution >= 0.6 is 15.9 Å². The maximum atomic E-state index is 12.7. The summed E-state index contributed by atoms with van der Waals surface area (Å²) in [5, 5.41) is 7.63. The Labute approximate surface area is 175 Å². The van der Waals surface area contributed by atoms with E-state index in [0.29, 0.717) is 12.1 Å². The van der Waals surface area contributed by atoms with Crippen molar-refractivity contribution in [2.45, 2.75) is 46.3 Å². The number of benzene rings is 1. The standard InChI is InChI=1S/C21H29BrN4O2/c1-14-12-25(13-15(2)28-14)11-5-10-23-21(27)20-16(3)24-26(17(20)4)19-8-6-18(22)7-9-19/h6-9,14-15H,5,10-13H2,1-4H3,(H,23,27). The zero-order chi connectivity index (χ0) is 20.3. The van der Waals surface area contributed by atoms with Gasteiger partial charge in [0.05, 0.1) is 34.8 Å². The molecule has 2 unspecified atom stereocenters. The van der Waals surface area contributed by atoms with Gasteiger partial charge in [0.1, 0.15) is 0 Å². The van der Waals surface area contributed by atoms with Crippen LogP contribution in [-0.2, 0) is 4.74 Å². The molecule has 2 heterocycles. The topological polar surface area (TPSA) is 59.4 Å². The monoisotopic (exact) mass is 448 g/mol. The van der Waals surface area contributed by atoms with E-state index in [2.05, 4.69) is 45.1 Å². The summed E-state index contributed by atoms with van der Waals surface area (Å²) in [6, 6.07) is 7.91. The molecule has 152 valence electrons. The molecule has 1 N–H and O–H groups in total. The number of morpholine rings is 1. The molecule has 1 amide bonds. The van der Waals surface area contributed by atoms with Gasteiger partial charge in [-0.2, -0.15) is 5.10 Å². The number of amides is 1. The number of aryl methyl sites for hydroxylation is 1. The van der Waals surface area contributed by atoms with E-state index in [4.69, 9.17) is 4.74 Å². The van der Waals surface area contributed by atoms with Crippen LogP contribution in [0.25, 0.3) is 5.69 Å². The molecule has 1 fully saturated rings. The minimum Gasteiger partial charge on any atom is -0.373 e. The van der Waals surface area contributed by atoms with Gasteiger partial charge >= 0.3 is 0 Å². The highest BCUT2D eigenvalue weighted by Crippen LogP contribution is 2.20. The molecule has 0 radical (unpaired) electrons. The second-order valence-corrected chi connectivity index (χ2v) is 8.48. The Bertz CT molecular complexity index is 809. The summed E-state index contributed by atoms with van der Waals surface area (Å²) in [6.45, 7) is 11.6. The van der Waals surface area contributed by atoms with Crippen molar-refractivity contribution < 1.29 is 9.53 Å². The Morgan fingerprint density at radius 2 is 1.86 bits per heavy atom. The van der Waals surface area contributed by atoms with Crippen LogP contribution in [0.15, 0.2) is 28.7 Å². The van der Waals surface area contributed by atoms with Crippen molar-refractivity contribution in [3.8, 4) is 5.69 Å². The van der Waals surface area contributed by atoms with Crippen LogP contribution in [0.1, 0.15) is 42.0 Å². The van der Waals surface area contributed by atoms with Crippen LogP contribution in [0, 0.1) is 13.8 Å². The van der Waals surface area contributed by atoms with E-state index in [1.807, 2.05) is 42.8 Å². The van der Waals surface area contributed by atoms with Crippen molar-refractivity contribution in [1.29, 1.82) is 0 Å². The minimum atomic E-state index is -0.0536. The maximum Gasteiger partial charge on any atom is 0.255 e. The van der Waals surface area contributed by atoms with Crippen LogP contribution in [0.5, 0.6) is 0 Å². The normalized spacial score (nSPS) is 20.3. The molecule has 2 atom stereocenters. The molecular weight excluding hydrogens is 420 g/mol. The average molecular weight is 449 g/mol. The number of carbonyl (C=O) groups is 1. The summed E-state index contributed by atoms with van der Waals surface area (Å²) in [7, 11) is 0. The second-order valence-electron chi connectivity index (χ2n) is 7.56. The molecular formula is C21H29BrN4O2. The third-order valence-corrected chi connectivity index (χ3v) is 5.55. The SMILES string of the molecule is Cc1nn(-c2ccc(Br)cc2)c(C)c1C(=O)NCCCN1CC(C)OC(C)C1. The molecule has 1 aromatic carbocycles. The fraction of sp³-hybridized carbons (Fsp3) is 0.524. The first kappa shape index (κ1) is 21.0. The largest absolute Gasteiger partial charge is 0.373 e. The van der Waals surface area contributed by atoms with Crippen LogP contribution in [0.4, 0.5) is 0 Å². The van der Waals surface area contributed by atoms with E-state index in [0.717, 1.165) is 47.6 Å². The molecule has 0 saturated carbocycles. The number of ether oxygens (including phenoxy) is 1. The van der Waals surface area contributed by atoms with Crippen molar-refractivity contribution in [3.63, 3.8) is 0 Å². The first-order valence-electron chi connectivity index (χ1n) is 9.83. The molecule has 1 aliphatic heterocycles. The molecule has 28 heavy (non-hydrogen) atoms. The molecule has 7 heteroatoms. The lowest BCUT2D eigenvalue weighted by Gasteiger charge is -2.35. The van der Waals surface area contributed by atoms with Crippen molar-refractivity contribution in [2.24, 2.45) is 0 Å². The van der Waals surface area contributed by atoms with Crippen molar-refractivity contribution in [3.05, 3.63) is 45.7 Å². The van der Waals surface area contributed by atoms with Gasteiger partial charge in [-0.15, -0.1) is 0 Å². The van der Waals surface area contributed by atoms with E-state index in [-0.39, 0.29) is 18.1 Å². The molecule has 2 aromatic rings. The Morgan fingerprint density at radius 1 is 1.21 bits per heavy atom. The third kappa shape index (κ3) is 5.01. The Hall–Kier alpha value is -1.70. The molecule has 1 saturated heterocycles. The first-order chi connectivity index (χ1) is 13.3. The molecule has 1 aromatic heterocycles. The van der Waals surface area contributed by atoms with Gasteiger partial charge in [-0.25, -0.2) is 4.68 Å². The number of nitrogens with one attached hydrogen (secondary N) is 1. The van der Waals surface area contributed by atoms with Crippen molar-refractivity contribution >= 4 is 21.8 Å². The van der Waals surface area contributed by atoms with Crippen LogP contribution in [0.3, 0.4) is 0 Å². The molecule has 3 rings (SSSR count). The lowest BCUT2D eigenvalue weighted by Crippen LogP contribution is -2.46. The zero-order valence-corrected chi connectivity index (χ0v) is 18.6. The summed E-state index contributed by atoms with van der Waals surface area (Å²) in [5.74, 6) is -0.0536. The number of hydrogen-bond acceptors (Lipinski definition) is 4. The summed E-state index contributed by atoms with van der Waals surface area (Å²) < 4.78 is 8.61. The van der Waals surface area contributed by atoms with E-state index >= 15 is 0 Å². The summed E-state index contributed by atoms with van der Waals surface area (Å²) in [5.41, 5.74) is 3.21. The quantitative estimate of drug-likeness (QED) is 0.687. The number of halogens is 1. The smallest absolute Gasteiger partial charge is 0.255 e. The van der Waals surface area contributed by atoms with Gasteiger partial charge < -0.3 is 10.1 Å². The maximum absolute atomic E-state index is 12.7. The number of carbonyl (C=O) groups excluding carboxylic acids is 1. The number of nitrogens with zero attached hydrogens (tertiary/aromatic N) is 3. The van der Waals surface area contributed by atoms with E-state index in [1.165, 1.54) is 0 Å². The van der Waals surface area contributed by atoms with E-state index in [1.54, 1.807) is 0 Å². The van der Waals surface area contributed by atoms with Crippen LogP contribution < -0.4 is 5.32 Å². The highest BCUT2D eigenvalue weighted by Gasteiger charge is 2.22. The predicted molar refractivity (Wildman–Crippen MR) is 114 cm³/mol. The second kappa shape index (κ2) is 9.20. The summed E-state index contributed by atoms with van der Waals surface area (Å²) >= 11 is 3.45. The predicted octanol–water partition coefficient (Wildman–Crippen LogP) is 3.48. The van der Waals surface area contributed by atoms with Gasteiger partial charge in [0, 0.05) is 30.7 Å². The van der Waals surface area contributed by atoms with Crippen LogP contribution in [-0.4, -0.2) is 59.0 Å². The highest BCUT2D eigenvalue weighted by atomic mass is 79.9.